The fourth-order valence-corrected chi connectivity index (χ4v) is 8.51. The molecule has 0 aliphatic rings. The Labute approximate surface area is 214 Å². The Balaban J connectivity index is 1.83. The molecule has 3 rings (SSSR count). The second-order valence-corrected chi connectivity index (χ2v) is 12.8. The molecule has 0 saturated heterocycles. The van der Waals surface area contributed by atoms with Gasteiger partial charge in [-0.2, -0.15) is 4.31 Å². The first-order chi connectivity index (χ1) is 16.6. The number of nitrogens with zero attached hydrogens (tertiary/aromatic N) is 1. The lowest BCUT2D eigenvalue weighted by Gasteiger charge is -2.26. The van der Waals surface area contributed by atoms with Crippen LogP contribution in [0.1, 0.15) is 37.8 Å². The first kappa shape index (κ1) is 27.4. The molecular weight excluding hydrogens is 509 g/mol. The van der Waals surface area contributed by atoms with Gasteiger partial charge in [-0.25, -0.2) is 17.6 Å². The van der Waals surface area contributed by atoms with Crippen LogP contribution in [0.25, 0.3) is 10.1 Å². The number of ether oxygens (including phenoxy) is 1. The van der Waals surface area contributed by atoms with E-state index in [4.69, 9.17) is 9.84 Å². The number of aryl methyl sites for hydroxylation is 2. The van der Waals surface area contributed by atoms with Crippen LogP contribution >= 0.6 is 23.1 Å². The minimum atomic E-state index is -3.76. The van der Waals surface area contributed by atoms with Crippen LogP contribution in [0.2, 0.25) is 0 Å². The Kier molecular flexibility index (Phi) is 9.20. The highest BCUT2D eigenvalue weighted by molar-refractivity contribution is 8.00. The van der Waals surface area contributed by atoms with Gasteiger partial charge < -0.3 is 9.84 Å². The molecule has 0 amide bonds. The van der Waals surface area contributed by atoms with Gasteiger partial charge in [-0.3, -0.25) is 0 Å². The molecule has 35 heavy (non-hydrogen) atoms. The molecule has 0 saturated carbocycles. The van der Waals surface area contributed by atoms with Crippen molar-refractivity contribution in [3.63, 3.8) is 0 Å². The van der Waals surface area contributed by atoms with E-state index in [0.29, 0.717) is 36.2 Å². The maximum atomic E-state index is 13.8. The minimum absolute atomic E-state index is 0.00800. The minimum Gasteiger partial charge on any atom is -0.482 e. The molecule has 1 atom stereocenters. The predicted molar refractivity (Wildman–Crippen MR) is 140 cm³/mol. The Hall–Kier alpha value is -2.14. The summed E-state index contributed by atoms with van der Waals surface area (Å²) in [6.45, 7) is 7.89. The van der Waals surface area contributed by atoms with Crippen LogP contribution in [-0.2, 0) is 14.8 Å². The molecule has 1 aromatic heterocycles. The third kappa shape index (κ3) is 6.55. The van der Waals surface area contributed by atoms with E-state index in [1.807, 2.05) is 32.9 Å². The molecule has 1 N–H and O–H groups in total. The molecule has 0 radical (unpaired) electrons. The van der Waals surface area contributed by atoms with E-state index in [9.17, 15) is 17.6 Å². The van der Waals surface area contributed by atoms with Crippen molar-refractivity contribution < 1.29 is 27.4 Å². The number of carboxylic acid groups (broad SMARTS) is 1. The first-order valence-electron chi connectivity index (χ1n) is 11.4. The van der Waals surface area contributed by atoms with Crippen molar-refractivity contribution in [3.8, 4) is 5.75 Å². The van der Waals surface area contributed by atoms with E-state index < -0.39 is 22.6 Å². The van der Waals surface area contributed by atoms with Gasteiger partial charge >= 0.3 is 5.97 Å². The smallest absolute Gasteiger partial charge is 0.341 e. The van der Waals surface area contributed by atoms with Gasteiger partial charge in [0.25, 0.3) is 10.0 Å². The number of benzene rings is 2. The Morgan fingerprint density at radius 2 is 1.94 bits per heavy atom. The molecular formula is C25H30FNO5S3. The average molecular weight is 540 g/mol. The van der Waals surface area contributed by atoms with E-state index in [1.165, 1.54) is 23.5 Å². The summed E-state index contributed by atoms with van der Waals surface area (Å²) in [6.07, 6.45) is 1.43. The zero-order chi connectivity index (χ0) is 25.8. The van der Waals surface area contributed by atoms with Crippen LogP contribution in [0.15, 0.2) is 45.5 Å². The van der Waals surface area contributed by atoms with Gasteiger partial charge in [-0.1, -0.05) is 13.8 Å². The number of hydrogen-bond donors (Lipinski definition) is 1. The fourth-order valence-electron chi connectivity index (χ4n) is 3.76. The summed E-state index contributed by atoms with van der Waals surface area (Å²) in [4.78, 5) is 11.7. The summed E-state index contributed by atoms with van der Waals surface area (Å²) < 4.78 is 49.0. The second-order valence-electron chi connectivity index (χ2n) is 8.28. The number of thioether (sulfide) groups is 1. The van der Waals surface area contributed by atoms with E-state index in [-0.39, 0.29) is 15.3 Å². The summed E-state index contributed by atoms with van der Waals surface area (Å²) in [6, 6.07) is 9.90. The van der Waals surface area contributed by atoms with E-state index >= 15 is 0 Å². The van der Waals surface area contributed by atoms with E-state index in [1.54, 1.807) is 35.1 Å². The topological polar surface area (TPSA) is 83.9 Å². The largest absolute Gasteiger partial charge is 0.482 e. The number of fused-ring (bicyclic) bond motifs is 1. The highest BCUT2D eigenvalue weighted by Crippen LogP contribution is 2.37. The maximum Gasteiger partial charge on any atom is 0.341 e. The van der Waals surface area contributed by atoms with Gasteiger partial charge in [0, 0.05) is 27.9 Å². The quantitative estimate of drug-likeness (QED) is 0.280. The van der Waals surface area contributed by atoms with Gasteiger partial charge in [-0.15, -0.1) is 23.1 Å². The standard InChI is InChI=1S/C25H30FNO5S3/c1-5-11-27(35(30,31)25-17(4)21-13-18(26)7-10-23(21)34-25)14-19(6-2)33-20-8-9-22(16(3)12-20)32-15-24(28)29/h7-10,12-13,19H,5-6,11,14-15H2,1-4H3,(H,28,29). The zero-order valence-corrected chi connectivity index (χ0v) is 22.7. The Bertz CT molecular complexity index is 1310. The SMILES string of the molecule is CCCN(CC(CC)Sc1ccc(OCC(=O)O)c(C)c1)S(=O)(=O)c1sc2ccc(F)cc2c1C. The van der Waals surface area contributed by atoms with Crippen molar-refractivity contribution in [1.82, 2.24) is 4.31 Å². The number of rotatable bonds is 12. The molecule has 6 nitrogen and oxygen atoms in total. The highest BCUT2D eigenvalue weighted by atomic mass is 32.2. The molecule has 0 bridgehead atoms. The lowest BCUT2D eigenvalue weighted by atomic mass is 10.2. The van der Waals surface area contributed by atoms with E-state index in [2.05, 4.69) is 0 Å². The molecule has 0 aliphatic carbocycles. The van der Waals surface area contributed by atoms with Gasteiger partial charge in [0.15, 0.2) is 6.61 Å². The van der Waals surface area contributed by atoms with Crippen LogP contribution in [0.3, 0.4) is 0 Å². The average Bonchev–Trinajstić information content (AvgIpc) is 3.14. The van der Waals surface area contributed by atoms with E-state index in [0.717, 1.165) is 21.6 Å². The Morgan fingerprint density at radius 1 is 1.20 bits per heavy atom. The number of sulfonamides is 1. The Morgan fingerprint density at radius 3 is 2.57 bits per heavy atom. The van der Waals surface area contributed by atoms with Crippen LogP contribution in [-0.4, -0.2) is 48.7 Å². The molecule has 2 aromatic carbocycles. The molecule has 1 heterocycles. The molecule has 10 heteroatoms. The molecule has 1 unspecified atom stereocenters. The van der Waals surface area contributed by atoms with Gasteiger partial charge in [0.1, 0.15) is 15.8 Å². The summed E-state index contributed by atoms with van der Waals surface area (Å²) in [7, 11) is -3.76. The summed E-state index contributed by atoms with van der Waals surface area (Å²) in [5.74, 6) is -0.910. The molecule has 3 aromatic rings. The molecule has 190 valence electrons. The van der Waals surface area contributed by atoms with Crippen molar-refractivity contribution in [1.29, 1.82) is 0 Å². The van der Waals surface area contributed by atoms with Crippen LogP contribution in [0.5, 0.6) is 5.75 Å². The number of carboxylic acids is 1. The van der Waals surface area contributed by atoms with Gasteiger partial charge in [-0.05, 0) is 79.6 Å². The van der Waals surface area contributed by atoms with Crippen molar-refractivity contribution in [3.05, 3.63) is 53.3 Å². The monoisotopic (exact) mass is 539 g/mol. The summed E-state index contributed by atoms with van der Waals surface area (Å²) in [5, 5.41) is 9.46. The fraction of sp³-hybridized carbons (Fsp3) is 0.400. The predicted octanol–water partition coefficient (Wildman–Crippen LogP) is 6.09. The lowest BCUT2D eigenvalue weighted by molar-refractivity contribution is -0.139. The van der Waals surface area contributed by atoms with Crippen LogP contribution < -0.4 is 4.74 Å². The van der Waals surface area contributed by atoms with Crippen molar-refractivity contribution in [2.24, 2.45) is 0 Å². The normalized spacial score (nSPS) is 12.9. The van der Waals surface area contributed by atoms with Gasteiger partial charge in [0.05, 0.1) is 0 Å². The molecule has 0 spiro atoms. The van der Waals surface area contributed by atoms with Gasteiger partial charge in [0.2, 0.25) is 0 Å². The van der Waals surface area contributed by atoms with Crippen LogP contribution in [0.4, 0.5) is 4.39 Å². The number of hydrogen-bond acceptors (Lipinski definition) is 6. The lowest BCUT2D eigenvalue weighted by Crippen LogP contribution is -2.37. The van der Waals surface area contributed by atoms with Crippen molar-refractivity contribution >= 4 is 49.2 Å². The number of halogens is 1. The summed E-state index contributed by atoms with van der Waals surface area (Å²) in [5.41, 5.74) is 1.40. The maximum absolute atomic E-state index is 13.8. The number of carbonyl (C=O) groups is 1. The summed E-state index contributed by atoms with van der Waals surface area (Å²) >= 11 is 2.77. The zero-order valence-electron chi connectivity index (χ0n) is 20.2. The van der Waals surface area contributed by atoms with Crippen LogP contribution in [0, 0.1) is 19.7 Å². The molecule has 0 fully saturated rings. The number of aliphatic carboxylic acids is 1. The van der Waals surface area contributed by atoms with Crippen molar-refractivity contribution in [2.45, 2.75) is 54.9 Å². The second kappa shape index (κ2) is 11.7. The molecule has 0 aliphatic heterocycles. The van der Waals surface area contributed by atoms with Crippen molar-refractivity contribution in [2.75, 3.05) is 19.7 Å². The third-order valence-corrected chi connectivity index (χ3v) is 10.6. The first-order valence-corrected chi connectivity index (χ1v) is 14.5. The highest BCUT2D eigenvalue weighted by Gasteiger charge is 2.30. The number of thiophene rings is 1. The third-order valence-electron chi connectivity index (χ3n) is 5.56.